The molecule has 1 unspecified atom stereocenters. The Kier molecular flexibility index (Phi) is 13.0. The third kappa shape index (κ3) is 9.39. The van der Waals surface area contributed by atoms with E-state index in [1.165, 1.54) is 12.8 Å². The molecule has 3 N–H and O–H groups in total. The van der Waals surface area contributed by atoms with Crippen LogP contribution >= 0.6 is 24.0 Å². The molecule has 0 aliphatic heterocycles. The quantitative estimate of drug-likeness (QED) is 0.273. The van der Waals surface area contributed by atoms with E-state index in [4.69, 9.17) is 19.9 Å². The number of benzene rings is 1. The third-order valence-corrected chi connectivity index (χ3v) is 4.05. The second-order valence-electron chi connectivity index (χ2n) is 6.83. The van der Waals surface area contributed by atoms with Gasteiger partial charge in [0.05, 0.1) is 27.4 Å². The van der Waals surface area contributed by atoms with E-state index in [0.29, 0.717) is 42.4 Å². The van der Waals surface area contributed by atoms with Gasteiger partial charge in [0.25, 0.3) is 0 Å². The van der Waals surface area contributed by atoms with Crippen molar-refractivity contribution < 1.29 is 14.2 Å². The first-order valence-electron chi connectivity index (χ1n) is 9.35. The molecule has 0 aromatic heterocycles. The second kappa shape index (κ2) is 13.7. The van der Waals surface area contributed by atoms with Crippen molar-refractivity contribution in [2.45, 2.75) is 59.5 Å². The van der Waals surface area contributed by atoms with Gasteiger partial charge >= 0.3 is 0 Å². The minimum Gasteiger partial charge on any atom is -0.493 e. The smallest absolute Gasteiger partial charge is 0.203 e. The predicted octanol–water partition coefficient (Wildman–Crippen LogP) is 4.34. The Labute approximate surface area is 181 Å². The van der Waals surface area contributed by atoms with Crippen LogP contribution in [0.5, 0.6) is 17.2 Å². The van der Waals surface area contributed by atoms with E-state index >= 15 is 0 Å². The van der Waals surface area contributed by atoms with Crippen molar-refractivity contribution in [1.82, 2.24) is 5.32 Å². The lowest BCUT2D eigenvalue weighted by molar-refractivity contribution is 0.288. The fourth-order valence-electron chi connectivity index (χ4n) is 2.69. The van der Waals surface area contributed by atoms with E-state index in [1.807, 2.05) is 19.1 Å². The number of nitrogens with two attached hydrogens (primary N) is 1. The van der Waals surface area contributed by atoms with Gasteiger partial charge in [0.1, 0.15) is 0 Å². The maximum absolute atomic E-state index is 6.02. The van der Waals surface area contributed by atoms with Gasteiger partial charge in [-0.15, -0.1) is 24.0 Å². The van der Waals surface area contributed by atoms with Crippen LogP contribution in [0, 0.1) is 5.92 Å². The molecule has 0 aliphatic rings. The molecule has 0 saturated heterocycles. The van der Waals surface area contributed by atoms with Crippen LogP contribution in [0.3, 0.4) is 0 Å². The summed E-state index contributed by atoms with van der Waals surface area (Å²) >= 11 is 0. The van der Waals surface area contributed by atoms with Crippen molar-refractivity contribution in [3.8, 4) is 17.2 Å². The number of aliphatic imine (C=N–C) groups is 1. The minimum atomic E-state index is 0. The van der Waals surface area contributed by atoms with Crippen molar-refractivity contribution in [3.05, 3.63) is 17.7 Å². The van der Waals surface area contributed by atoms with Gasteiger partial charge in [0.2, 0.25) is 5.75 Å². The van der Waals surface area contributed by atoms with Crippen LogP contribution in [-0.2, 0) is 6.54 Å². The molecule has 0 spiro atoms. The number of rotatable bonds is 11. The van der Waals surface area contributed by atoms with Crippen LogP contribution in [-0.4, -0.2) is 32.8 Å². The fraction of sp³-hybridized carbons (Fsp3) is 0.650. The van der Waals surface area contributed by atoms with Gasteiger partial charge in [-0.2, -0.15) is 0 Å². The molecular formula is C20H36IN3O3. The monoisotopic (exact) mass is 493 g/mol. The molecule has 0 fully saturated rings. The third-order valence-electron chi connectivity index (χ3n) is 4.05. The number of nitrogens with one attached hydrogen (secondary N) is 1. The zero-order valence-electron chi connectivity index (χ0n) is 17.5. The highest BCUT2D eigenvalue weighted by molar-refractivity contribution is 14.0. The summed E-state index contributed by atoms with van der Waals surface area (Å²) in [5.74, 6) is 3.05. The molecule has 0 amide bonds. The first kappa shape index (κ1) is 25.6. The Hall–Kier alpha value is -1.38. The van der Waals surface area contributed by atoms with Crippen LogP contribution in [0.2, 0.25) is 0 Å². The first-order chi connectivity index (χ1) is 12.4. The Balaban J connectivity index is 0.00000676. The van der Waals surface area contributed by atoms with Gasteiger partial charge in [-0.25, -0.2) is 4.99 Å². The lowest BCUT2D eigenvalue weighted by Gasteiger charge is -2.16. The van der Waals surface area contributed by atoms with Crippen molar-refractivity contribution in [3.63, 3.8) is 0 Å². The molecule has 156 valence electrons. The highest BCUT2D eigenvalue weighted by Gasteiger charge is 2.13. The van der Waals surface area contributed by atoms with Crippen LogP contribution in [0.1, 0.15) is 52.5 Å². The average molecular weight is 493 g/mol. The summed E-state index contributed by atoms with van der Waals surface area (Å²) in [6.07, 6.45) is 3.50. The second-order valence-corrected chi connectivity index (χ2v) is 6.83. The highest BCUT2D eigenvalue weighted by Crippen LogP contribution is 2.38. The largest absolute Gasteiger partial charge is 0.493 e. The topological polar surface area (TPSA) is 78.1 Å². The SMILES string of the molecule is CCOc1c(OC)cc(CN=C(N)NC(C)CCCC(C)C)cc1OC.I. The van der Waals surface area contributed by atoms with E-state index in [9.17, 15) is 0 Å². The molecule has 1 rings (SSSR count). The van der Waals surface area contributed by atoms with Crippen molar-refractivity contribution in [1.29, 1.82) is 0 Å². The Morgan fingerprint density at radius 1 is 1.11 bits per heavy atom. The Morgan fingerprint density at radius 3 is 2.19 bits per heavy atom. The molecule has 0 saturated carbocycles. The van der Waals surface area contributed by atoms with Crippen LogP contribution in [0.25, 0.3) is 0 Å². The molecule has 7 heteroatoms. The zero-order chi connectivity index (χ0) is 19.5. The number of nitrogens with zero attached hydrogens (tertiary/aromatic N) is 1. The number of halogens is 1. The summed E-state index contributed by atoms with van der Waals surface area (Å²) in [6.45, 7) is 9.52. The molecule has 0 radical (unpaired) electrons. The molecule has 1 atom stereocenters. The van der Waals surface area contributed by atoms with Crippen LogP contribution < -0.4 is 25.3 Å². The number of ether oxygens (including phenoxy) is 3. The van der Waals surface area contributed by atoms with Crippen molar-refractivity contribution in [2.24, 2.45) is 16.6 Å². The first-order valence-corrected chi connectivity index (χ1v) is 9.35. The maximum atomic E-state index is 6.02. The lowest BCUT2D eigenvalue weighted by Crippen LogP contribution is -2.38. The standard InChI is InChI=1S/C20H35N3O3.HI/c1-7-26-19-17(24-5)11-16(12-18(19)25-6)13-22-20(21)23-15(4)10-8-9-14(2)3;/h11-12,14-15H,7-10,13H2,1-6H3,(H3,21,22,23);1H. The van der Waals surface area contributed by atoms with E-state index in [-0.39, 0.29) is 24.0 Å². The van der Waals surface area contributed by atoms with Crippen molar-refractivity contribution >= 4 is 29.9 Å². The zero-order valence-corrected chi connectivity index (χ0v) is 19.8. The summed E-state index contributed by atoms with van der Waals surface area (Å²) in [5.41, 5.74) is 6.97. The summed E-state index contributed by atoms with van der Waals surface area (Å²) in [4.78, 5) is 4.44. The van der Waals surface area contributed by atoms with Gasteiger partial charge in [0.15, 0.2) is 17.5 Å². The normalized spacial score (nSPS) is 12.3. The highest BCUT2D eigenvalue weighted by atomic mass is 127. The lowest BCUT2D eigenvalue weighted by atomic mass is 10.0. The fourth-order valence-corrected chi connectivity index (χ4v) is 2.69. The van der Waals surface area contributed by atoms with Crippen molar-refractivity contribution in [2.75, 3.05) is 20.8 Å². The summed E-state index contributed by atoms with van der Waals surface area (Å²) in [7, 11) is 3.22. The van der Waals surface area contributed by atoms with Gasteiger partial charge in [-0.3, -0.25) is 0 Å². The Bertz CT molecular complexity index is 555. The van der Waals surface area contributed by atoms with Crippen LogP contribution in [0.15, 0.2) is 17.1 Å². The summed E-state index contributed by atoms with van der Waals surface area (Å²) in [6, 6.07) is 4.11. The molecule has 0 bridgehead atoms. The minimum absolute atomic E-state index is 0. The van der Waals surface area contributed by atoms with E-state index in [0.717, 1.165) is 17.9 Å². The number of hydrogen-bond acceptors (Lipinski definition) is 4. The van der Waals surface area contributed by atoms with Gasteiger partial charge in [0, 0.05) is 6.04 Å². The van der Waals surface area contributed by atoms with Gasteiger partial charge in [-0.1, -0.05) is 26.7 Å². The summed E-state index contributed by atoms with van der Waals surface area (Å²) < 4.78 is 16.4. The molecule has 6 nitrogen and oxygen atoms in total. The molecule has 0 aliphatic carbocycles. The molecule has 1 aromatic carbocycles. The average Bonchev–Trinajstić information content (AvgIpc) is 2.60. The number of methoxy groups -OCH3 is 2. The van der Waals surface area contributed by atoms with Gasteiger partial charge < -0.3 is 25.3 Å². The summed E-state index contributed by atoms with van der Waals surface area (Å²) in [5, 5.41) is 3.25. The molecule has 27 heavy (non-hydrogen) atoms. The van der Waals surface area contributed by atoms with E-state index in [1.54, 1.807) is 14.2 Å². The van der Waals surface area contributed by atoms with E-state index in [2.05, 4.69) is 31.1 Å². The van der Waals surface area contributed by atoms with Crippen LogP contribution in [0.4, 0.5) is 0 Å². The predicted molar refractivity (Wildman–Crippen MR) is 123 cm³/mol. The van der Waals surface area contributed by atoms with Gasteiger partial charge in [-0.05, 0) is 43.9 Å². The number of guanidine groups is 1. The maximum Gasteiger partial charge on any atom is 0.203 e. The molecule has 1 aromatic rings. The number of hydrogen-bond donors (Lipinski definition) is 2. The molecular weight excluding hydrogens is 457 g/mol. The molecule has 0 heterocycles. The van der Waals surface area contributed by atoms with E-state index < -0.39 is 0 Å². The Morgan fingerprint density at radius 2 is 1.70 bits per heavy atom.